The summed E-state index contributed by atoms with van der Waals surface area (Å²) in [6.45, 7) is 5.69. The molecule has 21 nitrogen and oxygen atoms in total. The van der Waals surface area contributed by atoms with E-state index in [4.69, 9.17) is 47.0 Å². The summed E-state index contributed by atoms with van der Waals surface area (Å²) in [5.41, 5.74) is 15.9. The number of benzene rings is 5. The number of carbonyl (C=O) groups excluding carboxylic acids is 2. The molecule has 0 aliphatic carbocycles. The van der Waals surface area contributed by atoms with Crippen LogP contribution < -0.4 is 41.0 Å². The number of hydrogen-bond donors (Lipinski definition) is 5. The number of rotatable bonds is 25. The number of anilines is 1. The van der Waals surface area contributed by atoms with Crippen LogP contribution in [0.4, 0.5) is 14.9 Å². The Morgan fingerprint density at radius 3 is 2.39 bits per heavy atom. The van der Waals surface area contributed by atoms with Gasteiger partial charge in [-0.05, 0) is 96.6 Å². The van der Waals surface area contributed by atoms with Crippen molar-refractivity contribution in [2.75, 3.05) is 65.3 Å². The lowest BCUT2D eigenvalue weighted by molar-refractivity contribution is -0.926. The number of methoxy groups -OCH3 is 1. The van der Waals surface area contributed by atoms with Crippen LogP contribution in [0.2, 0.25) is 5.02 Å². The van der Waals surface area contributed by atoms with E-state index >= 15 is 0 Å². The second-order valence-electron chi connectivity index (χ2n) is 20.6. The number of amides is 3. The van der Waals surface area contributed by atoms with Gasteiger partial charge in [-0.2, -0.15) is 0 Å². The number of hydrogen-bond acceptors (Lipinski definition) is 17. The zero-order chi connectivity index (χ0) is 60.4. The molecule has 5 aromatic carbocycles. The summed E-state index contributed by atoms with van der Waals surface area (Å²) in [6, 6.07) is 28.4. The minimum atomic E-state index is -4.93. The minimum absolute atomic E-state index is 0.00823. The molecule has 3 aromatic heterocycles. The van der Waals surface area contributed by atoms with Crippen molar-refractivity contribution in [1.82, 2.24) is 30.2 Å². The standard InChI is InChI=1S/C60H62ClFN10O11S2/c1-36-43(20-21-48(53(36)61)81-30-27-71-25-28-72(2,29-26-71)33-39-16-19-41(32-50(39)85(77,78)79)70-56(73)45(63)11-8-23-66-60(64)76)51-52-57(67-35-68-58(52)84-54(51)37-14-17-40(62)18-15-37)83-49(59(74)75)31-38-9-4-6-12-46(38)82-34-42-22-24-65-55(69-42)44-10-5-7-13-47(44)80-3/h4-7,9-10,12-22,24,32,35,45,49H,8,11,23,25-31,33-34,63H2,1-3H3,(H5-,64,66,70,73,74,75,76,77,78,79)/t45-,49+/m0/s1. The average molecular weight is 1220 g/mol. The van der Waals surface area contributed by atoms with E-state index in [2.05, 4.69) is 30.5 Å². The Morgan fingerprint density at radius 2 is 1.66 bits per heavy atom. The summed E-state index contributed by atoms with van der Waals surface area (Å²) in [4.78, 5) is 58.1. The van der Waals surface area contributed by atoms with Gasteiger partial charge in [0.15, 0.2) is 5.82 Å². The second-order valence-corrected chi connectivity index (χ2v) is 23.3. The number of nitrogens with zero attached hydrogens (tertiary/aromatic N) is 6. The largest absolute Gasteiger partial charge is 0.744 e. The number of piperazine rings is 1. The zero-order valence-electron chi connectivity index (χ0n) is 46.6. The zero-order valence-corrected chi connectivity index (χ0v) is 49.0. The average Bonchev–Trinajstić information content (AvgIpc) is 1.78. The van der Waals surface area contributed by atoms with Crippen LogP contribution in [0.5, 0.6) is 23.1 Å². The molecule has 0 spiro atoms. The maximum atomic E-state index is 14.4. The normalized spacial score (nSPS) is 14.1. The van der Waals surface area contributed by atoms with Crippen molar-refractivity contribution in [3.63, 3.8) is 0 Å². The highest BCUT2D eigenvalue weighted by molar-refractivity contribution is 7.85. The van der Waals surface area contributed by atoms with E-state index < -0.39 is 50.9 Å². The van der Waals surface area contributed by atoms with Crippen LogP contribution in [0.3, 0.4) is 0 Å². The first-order valence-electron chi connectivity index (χ1n) is 27.0. The number of thiophene rings is 1. The lowest BCUT2D eigenvalue weighted by Gasteiger charge is -2.42. The number of urea groups is 1. The second kappa shape index (κ2) is 27.1. The van der Waals surface area contributed by atoms with Crippen molar-refractivity contribution in [3.8, 4) is 56.1 Å². The van der Waals surface area contributed by atoms with E-state index in [-0.39, 0.29) is 50.7 Å². The topological polar surface area (TPSA) is 296 Å². The van der Waals surface area contributed by atoms with Crippen LogP contribution in [-0.2, 0) is 39.3 Å². The highest BCUT2D eigenvalue weighted by Crippen LogP contribution is 2.49. The Balaban J connectivity index is 0.878. The van der Waals surface area contributed by atoms with Crippen LogP contribution in [0.1, 0.15) is 35.2 Å². The molecular formula is C60H62ClFN10O11S2. The number of ether oxygens (including phenoxy) is 4. The molecule has 2 atom stereocenters. The van der Waals surface area contributed by atoms with Crippen molar-refractivity contribution >= 4 is 66.9 Å². The molecule has 0 radical (unpaired) electrons. The lowest BCUT2D eigenvalue weighted by atomic mass is 9.96. The maximum Gasteiger partial charge on any atom is 0.345 e. The third-order valence-electron chi connectivity index (χ3n) is 14.6. The minimum Gasteiger partial charge on any atom is -0.744 e. The van der Waals surface area contributed by atoms with Crippen molar-refractivity contribution in [2.45, 2.75) is 56.4 Å². The summed E-state index contributed by atoms with van der Waals surface area (Å²) >= 11 is 8.48. The molecule has 0 unspecified atom stereocenters. The number of primary amides is 1. The van der Waals surface area contributed by atoms with E-state index in [0.29, 0.717) is 131 Å². The molecule has 0 bridgehead atoms. The quantitative estimate of drug-likeness (QED) is 0.0205. The van der Waals surface area contributed by atoms with Gasteiger partial charge in [0.1, 0.15) is 64.1 Å². The first kappa shape index (κ1) is 61.2. The van der Waals surface area contributed by atoms with Gasteiger partial charge in [0.2, 0.25) is 17.9 Å². The van der Waals surface area contributed by atoms with E-state index in [1.807, 2.05) is 44.3 Å². The fourth-order valence-corrected chi connectivity index (χ4v) is 12.1. The van der Waals surface area contributed by atoms with Gasteiger partial charge in [-0.15, -0.1) is 11.3 Å². The number of likely N-dealkylation sites (N-methyl/N-ethyl adjacent to an activating group) is 1. The summed E-state index contributed by atoms with van der Waals surface area (Å²) in [5.74, 6) is -0.329. The van der Waals surface area contributed by atoms with Gasteiger partial charge in [0.25, 0.3) is 0 Å². The van der Waals surface area contributed by atoms with Crippen molar-refractivity contribution in [3.05, 3.63) is 155 Å². The van der Waals surface area contributed by atoms with E-state index in [1.165, 1.54) is 41.9 Å². The monoisotopic (exact) mass is 1220 g/mol. The Bertz CT molecular complexity index is 3850. The molecule has 1 aliphatic heterocycles. The van der Waals surface area contributed by atoms with Gasteiger partial charge >= 0.3 is 12.0 Å². The number of aliphatic carboxylic acids is 1. The fourth-order valence-electron chi connectivity index (χ4n) is 9.98. The first-order valence-corrected chi connectivity index (χ1v) is 29.6. The van der Waals surface area contributed by atoms with Gasteiger partial charge in [-0.3, -0.25) is 9.69 Å². The molecule has 85 heavy (non-hydrogen) atoms. The van der Waals surface area contributed by atoms with Crippen LogP contribution >= 0.6 is 22.9 Å². The molecule has 1 saturated heterocycles. The number of carbonyl (C=O) groups is 3. The van der Waals surface area contributed by atoms with Crippen LogP contribution in [0.25, 0.3) is 43.2 Å². The van der Waals surface area contributed by atoms with Crippen LogP contribution in [-0.4, -0.2) is 137 Å². The number of nitrogens with two attached hydrogens (primary N) is 2. The molecule has 8 aromatic rings. The van der Waals surface area contributed by atoms with Crippen molar-refractivity contribution in [1.29, 1.82) is 0 Å². The summed E-state index contributed by atoms with van der Waals surface area (Å²) in [7, 11) is -1.37. The molecule has 3 amide bonds. The fraction of sp³-hybridized carbons (Fsp3) is 0.283. The molecule has 1 fully saturated rings. The number of nitrogens with one attached hydrogen (secondary N) is 2. The number of fused-ring (bicyclic) bond motifs is 1. The Hall–Kier alpha value is -8.36. The van der Waals surface area contributed by atoms with Crippen LogP contribution in [0, 0.1) is 12.7 Å². The van der Waals surface area contributed by atoms with E-state index in [9.17, 15) is 36.9 Å². The third kappa shape index (κ3) is 15.1. The molecule has 444 valence electrons. The SMILES string of the molecule is COc1ccccc1-c1nccc(COc2ccccc2C[C@@H](Oc2ncnc3sc(-c4ccc(F)cc4)c(-c4ccc(OCCN5CC[N+](C)(Cc6ccc(NC(=O)[C@@H](N)CCCNC(N)=O)cc6S(=O)(=O)[O-])CC5)c(Cl)c4C)c23)C(=O)O)n1. The lowest BCUT2D eigenvalue weighted by Crippen LogP contribution is -2.57. The highest BCUT2D eigenvalue weighted by Gasteiger charge is 2.32. The summed E-state index contributed by atoms with van der Waals surface area (Å²) in [5, 5.41) is 16.5. The number of carboxylic acid groups (broad SMARTS) is 1. The Morgan fingerprint density at radius 1 is 0.918 bits per heavy atom. The third-order valence-corrected chi connectivity index (χ3v) is 17.1. The predicted octanol–water partition coefficient (Wildman–Crippen LogP) is 8.21. The van der Waals surface area contributed by atoms with Gasteiger partial charge in [-0.1, -0.05) is 66.2 Å². The van der Waals surface area contributed by atoms with Gasteiger partial charge in [0, 0.05) is 60.5 Å². The number of aromatic nitrogens is 4. The molecule has 0 saturated carbocycles. The van der Waals surface area contributed by atoms with Crippen molar-refractivity contribution < 1.29 is 60.3 Å². The molecule has 9 rings (SSSR count). The smallest absolute Gasteiger partial charge is 0.345 e. The van der Waals surface area contributed by atoms with E-state index in [1.54, 1.807) is 61.8 Å². The Kier molecular flexibility index (Phi) is 19.5. The summed E-state index contributed by atoms with van der Waals surface area (Å²) in [6.07, 6.45) is 1.98. The van der Waals surface area contributed by atoms with Gasteiger partial charge < -0.3 is 55.2 Å². The molecule has 25 heteroatoms. The number of para-hydroxylation sites is 2. The summed E-state index contributed by atoms with van der Waals surface area (Å²) < 4.78 is 77.0. The molecule has 1 aliphatic rings. The molecule has 4 heterocycles. The maximum absolute atomic E-state index is 14.4. The van der Waals surface area contributed by atoms with E-state index in [0.717, 1.165) is 6.07 Å². The number of quaternary nitrogens is 1. The Labute approximate surface area is 499 Å². The van der Waals surface area contributed by atoms with Crippen LogP contribution in [0.15, 0.2) is 127 Å². The van der Waals surface area contributed by atoms with Crippen molar-refractivity contribution in [2.24, 2.45) is 11.5 Å². The van der Waals surface area contributed by atoms with Gasteiger partial charge in [-0.25, -0.2) is 42.3 Å². The first-order chi connectivity index (χ1) is 40.8. The number of halogens is 2. The predicted molar refractivity (Wildman–Crippen MR) is 318 cm³/mol. The van der Waals surface area contributed by atoms with Gasteiger partial charge in [0.05, 0.1) is 59.9 Å². The highest BCUT2D eigenvalue weighted by atomic mass is 35.5. The molecular weight excluding hydrogens is 1160 g/mol. The molecule has 7 N–H and O–H groups in total. The number of carboxylic acids is 1.